The molecule has 150 valence electrons. The van der Waals surface area contributed by atoms with Crippen molar-refractivity contribution < 1.29 is 4.79 Å². The van der Waals surface area contributed by atoms with E-state index in [1.807, 2.05) is 4.90 Å². The molecule has 2 aliphatic rings. The minimum atomic E-state index is 0.0195. The average molecular weight is 418 g/mol. The highest BCUT2D eigenvalue weighted by Crippen LogP contribution is 2.34. The first-order valence-electron chi connectivity index (χ1n) is 10.1. The van der Waals surface area contributed by atoms with Crippen molar-refractivity contribution in [2.24, 2.45) is 5.92 Å². The van der Waals surface area contributed by atoms with E-state index in [0.717, 1.165) is 55.4 Å². The number of rotatable bonds is 5. The molecule has 2 aromatic rings. The van der Waals surface area contributed by atoms with Gasteiger partial charge in [-0.25, -0.2) is 4.98 Å². The van der Waals surface area contributed by atoms with Crippen LogP contribution in [0.15, 0.2) is 22.6 Å². The molecule has 2 aromatic heterocycles. The Bertz CT molecular complexity index is 955. The van der Waals surface area contributed by atoms with E-state index in [4.69, 9.17) is 4.98 Å². The molecule has 0 N–H and O–H groups in total. The van der Waals surface area contributed by atoms with Crippen LogP contribution in [0.2, 0.25) is 0 Å². The van der Waals surface area contributed by atoms with Gasteiger partial charge in [0, 0.05) is 24.5 Å². The highest BCUT2D eigenvalue weighted by atomic mass is 32.2. The minimum Gasteiger partial charge on any atom is -0.342 e. The van der Waals surface area contributed by atoms with Gasteiger partial charge in [-0.3, -0.25) is 14.2 Å². The lowest BCUT2D eigenvalue weighted by Gasteiger charge is -2.30. The van der Waals surface area contributed by atoms with Gasteiger partial charge in [-0.1, -0.05) is 24.8 Å². The molecular weight excluding hydrogens is 390 g/mol. The minimum absolute atomic E-state index is 0.0195. The Balaban J connectivity index is 1.61. The monoisotopic (exact) mass is 417 g/mol. The number of aryl methyl sites for hydroxylation is 2. The number of thiophene rings is 1. The molecule has 0 aromatic carbocycles. The molecule has 0 spiro atoms. The van der Waals surface area contributed by atoms with E-state index in [-0.39, 0.29) is 11.5 Å². The number of carbonyl (C=O) groups is 1. The maximum Gasteiger partial charge on any atom is 0.263 e. The van der Waals surface area contributed by atoms with Crippen LogP contribution in [-0.4, -0.2) is 39.2 Å². The van der Waals surface area contributed by atoms with Crippen molar-refractivity contribution >= 4 is 39.2 Å². The first-order chi connectivity index (χ1) is 13.6. The zero-order valence-electron chi connectivity index (χ0n) is 16.4. The topological polar surface area (TPSA) is 55.2 Å². The summed E-state index contributed by atoms with van der Waals surface area (Å²) < 4.78 is 1.69. The van der Waals surface area contributed by atoms with Crippen molar-refractivity contribution in [1.29, 1.82) is 0 Å². The average Bonchev–Trinajstić information content (AvgIpc) is 3.07. The third-order valence-corrected chi connectivity index (χ3v) is 7.96. The van der Waals surface area contributed by atoms with Crippen LogP contribution >= 0.6 is 23.1 Å². The Hall–Kier alpha value is -1.60. The lowest BCUT2D eigenvalue weighted by Crippen LogP contribution is -2.39. The first kappa shape index (κ1) is 19.7. The fourth-order valence-corrected chi connectivity index (χ4v) is 6.31. The second-order valence-corrected chi connectivity index (χ2v) is 9.87. The zero-order valence-corrected chi connectivity index (χ0v) is 18.0. The number of hydrogen-bond donors (Lipinski definition) is 0. The maximum atomic E-state index is 13.2. The number of aromatic nitrogens is 2. The molecule has 28 heavy (non-hydrogen) atoms. The van der Waals surface area contributed by atoms with Gasteiger partial charge in [0.05, 0.1) is 11.1 Å². The molecule has 1 aliphatic heterocycles. The van der Waals surface area contributed by atoms with E-state index in [9.17, 15) is 9.59 Å². The molecule has 0 saturated carbocycles. The van der Waals surface area contributed by atoms with Crippen LogP contribution in [0.25, 0.3) is 10.2 Å². The summed E-state index contributed by atoms with van der Waals surface area (Å²) in [5.41, 5.74) is 1.22. The number of nitrogens with zero attached hydrogens (tertiary/aromatic N) is 3. The molecule has 1 amide bonds. The van der Waals surface area contributed by atoms with Gasteiger partial charge in [0.1, 0.15) is 4.83 Å². The summed E-state index contributed by atoms with van der Waals surface area (Å²) in [7, 11) is 0. The van der Waals surface area contributed by atoms with E-state index in [0.29, 0.717) is 23.4 Å². The number of carbonyl (C=O) groups excluding carboxylic acids is 1. The largest absolute Gasteiger partial charge is 0.342 e. The van der Waals surface area contributed by atoms with Crippen molar-refractivity contribution in [3.05, 3.63) is 33.4 Å². The van der Waals surface area contributed by atoms with Crippen LogP contribution in [0.5, 0.6) is 0 Å². The molecule has 1 fully saturated rings. The highest BCUT2D eigenvalue weighted by molar-refractivity contribution is 7.99. The van der Waals surface area contributed by atoms with Crippen LogP contribution in [0.4, 0.5) is 0 Å². The number of likely N-dealkylation sites (tertiary alicyclic amines) is 1. The second kappa shape index (κ2) is 8.41. The normalized spacial score (nSPS) is 17.7. The molecule has 7 heteroatoms. The maximum absolute atomic E-state index is 13.2. The quantitative estimate of drug-likeness (QED) is 0.421. The molecule has 0 bridgehead atoms. The number of hydrogen-bond acceptors (Lipinski definition) is 5. The van der Waals surface area contributed by atoms with Gasteiger partial charge >= 0.3 is 0 Å². The summed E-state index contributed by atoms with van der Waals surface area (Å²) in [5.74, 6) is 1.17. The smallest absolute Gasteiger partial charge is 0.263 e. The third kappa shape index (κ3) is 3.79. The SMILES string of the molecule is C=CCn1c(SCC(=O)N2CCC(C)CC2)nc2sc3c(c2c1=O)CCCC3. The van der Waals surface area contributed by atoms with E-state index in [1.54, 1.807) is 22.0 Å². The van der Waals surface area contributed by atoms with Crippen LogP contribution in [0.1, 0.15) is 43.0 Å². The Morgan fingerprint density at radius 1 is 1.32 bits per heavy atom. The summed E-state index contributed by atoms with van der Waals surface area (Å²) in [6.07, 6.45) is 8.21. The van der Waals surface area contributed by atoms with Crippen LogP contribution in [0.3, 0.4) is 0 Å². The molecule has 5 nitrogen and oxygen atoms in total. The highest BCUT2D eigenvalue weighted by Gasteiger charge is 2.24. The van der Waals surface area contributed by atoms with Gasteiger partial charge in [0.2, 0.25) is 5.91 Å². The Labute approximate surface area is 173 Å². The molecule has 0 radical (unpaired) electrons. The third-order valence-electron chi connectivity index (χ3n) is 5.81. The Morgan fingerprint density at radius 2 is 2.07 bits per heavy atom. The van der Waals surface area contributed by atoms with Crippen molar-refractivity contribution in [3.8, 4) is 0 Å². The molecule has 3 heterocycles. The molecule has 1 aliphatic carbocycles. The van der Waals surface area contributed by atoms with Crippen molar-refractivity contribution in [1.82, 2.24) is 14.5 Å². The van der Waals surface area contributed by atoms with Crippen molar-refractivity contribution in [2.45, 2.75) is 57.1 Å². The predicted octanol–water partition coefficient (Wildman–Crippen LogP) is 3.87. The van der Waals surface area contributed by atoms with E-state index in [2.05, 4.69) is 13.5 Å². The zero-order chi connectivity index (χ0) is 19.7. The summed E-state index contributed by atoms with van der Waals surface area (Å²) >= 11 is 3.04. The molecule has 1 saturated heterocycles. The number of piperidine rings is 1. The number of amides is 1. The predicted molar refractivity (Wildman–Crippen MR) is 116 cm³/mol. The van der Waals surface area contributed by atoms with Gasteiger partial charge < -0.3 is 4.90 Å². The lowest BCUT2D eigenvalue weighted by atomic mass is 9.97. The number of fused-ring (bicyclic) bond motifs is 3. The first-order valence-corrected chi connectivity index (χ1v) is 11.9. The molecule has 0 atom stereocenters. The van der Waals surface area contributed by atoms with Crippen LogP contribution in [0, 0.1) is 5.92 Å². The standard InChI is InChI=1S/C21H27N3O2S2/c1-3-10-24-20(26)18-15-6-4-5-7-16(15)28-19(18)22-21(24)27-13-17(25)23-11-8-14(2)9-12-23/h3,14H,1,4-13H2,2H3. The van der Waals surface area contributed by atoms with Gasteiger partial charge in [-0.2, -0.15) is 0 Å². The van der Waals surface area contributed by atoms with Gasteiger partial charge in [-0.05, 0) is 50.0 Å². The van der Waals surface area contributed by atoms with Crippen molar-refractivity contribution in [3.63, 3.8) is 0 Å². The fraction of sp³-hybridized carbons (Fsp3) is 0.571. The molecular formula is C21H27N3O2S2. The van der Waals surface area contributed by atoms with Gasteiger partial charge in [0.15, 0.2) is 5.16 Å². The van der Waals surface area contributed by atoms with Crippen LogP contribution < -0.4 is 5.56 Å². The number of thioether (sulfide) groups is 1. The molecule has 4 rings (SSSR count). The Kier molecular flexibility index (Phi) is 5.92. The van der Waals surface area contributed by atoms with Crippen molar-refractivity contribution in [2.75, 3.05) is 18.8 Å². The lowest BCUT2D eigenvalue weighted by molar-refractivity contribution is -0.129. The van der Waals surface area contributed by atoms with E-state index >= 15 is 0 Å². The summed E-state index contributed by atoms with van der Waals surface area (Å²) in [6, 6.07) is 0. The second-order valence-electron chi connectivity index (χ2n) is 7.84. The summed E-state index contributed by atoms with van der Waals surface area (Å²) in [6.45, 7) is 8.14. The summed E-state index contributed by atoms with van der Waals surface area (Å²) in [4.78, 5) is 34.8. The van der Waals surface area contributed by atoms with Gasteiger partial charge in [0.25, 0.3) is 5.56 Å². The van der Waals surface area contributed by atoms with Gasteiger partial charge in [-0.15, -0.1) is 17.9 Å². The van der Waals surface area contributed by atoms with E-state index in [1.165, 1.54) is 28.6 Å². The summed E-state index contributed by atoms with van der Waals surface area (Å²) in [5, 5.41) is 1.43. The van der Waals surface area contributed by atoms with E-state index < -0.39 is 0 Å². The number of allylic oxidation sites excluding steroid dienone is 1. The Morgan fingerprint density at radius 3 is 2.82 bits per heavy atom. The fourth-order valence-electron chi connectivity index (χ4n) is 4.10. The molecule has 0 unspecified atom stereocenters. The van der Waals surface area contributed by atoms with Crippen LogP contribution in [-0.2, 0) is 24.2 Å².